The van der Waals surface area contributed by atoms with Crippen molar-refractivity contribution in [2.45, 2.75) is 40.0 Å². The van der Waals surface area contributed by atoms with E-state index in [2.05, 4.69) is 47.0 Å². The number of aliphatic imine (C=N–C) groups is 1. The quantitative estimate of drug-likeness (QED) is 0.206. The predicted octanol–water partition coefficient (Wildman–Crippen LogP) is 7.57. The van der Waals surface area contributed by atoms with Crippen LogP contribution in [0.2, 0.25) is 0 Å². The van der Waals surface area contributed by atoms with Crippen LogP contribution in [0.1, 0.15) is 53.6 Å². The number of anilines is 1. The number of carbonyl (C=O) groups excluding carboxylic acids is 1. The third kappa shape index (κ3) is 5.45. The van der Waals surface area contributed by atoms with E-state index in [0.29, 0.717) is 27.7 Å². The van der Waals surface area contributed by atoms with Gasteiger partial charge in [-0.2, -0.15) is 0 Å². The summed E-state index contributed by atoms with van der Waals surface area (Å²) in [6.07, 6.45) is 4.39. The summed E-state index contributed by atoms with van der Waals surface area (Å²) in [4.78, 5) is 30.0. The van der Waals surface area contributed by atoms with Gasteiger partial charge in [0.25, 0.3) is 11.6 Å². The van der Waals surface area contributed by atoms with Crippen LogP contribution in [-0.4, -0.2) is 17.0 Å². The lowest BCUT2D eigenvalue weighted by atomic mass is 9.72. The molecule has 0 bridgehead atoms. The molecule has 0 saturated carbocycles. The van der Waals surface area contributed by atoms with Gasteiger partial charge in [-0.1, -0.05) is 48.8 Å². The van der Waals surface area contributed by atoms with Crippen molar-refractivity contribution in [2.24, 2.45) is 16.3 Å². The van der Waals surface area contributed by atoms with E-state index in [9.17, 15) is 14.9 Å². The van der Waals surface area contributed by atoms with Gasteiger partial charge in [0.05, 0.1) is 10.5 Å². The molecule has 0 radical (unpaired) electrons. The Bertz CT molecular complexity index is 1260. The fraction of sp³-hybridized carbons (Fsp3) is 0.308. The fourth-order valence-corrected chi connectivity index (χ4v) is 5.75. The first kappa shape index (κ1) is 24.3. The average molecular weight is 540 g/mol. The van der Waals surface area contributed by atoms with Gasteiger partial charge in [-0.15, -0.1) is 11.3 Å². The molecule has 1 unspecified atom stereocenters. The summed E-state index contributed by atoms with van der Waals surface area (Å²) in [7, 11) is 0. The number of halogens is 1. The Morgan fingerprint density at radius 2 is 1.97 bits per heavy atom. The highest BCUT2D eigenvalue weighted by molar-refractivity contribution is 9.10. The van der Waals surface area contributed by atoms with Gasteiger partial charge in [0.15, 0.2) is 0 Å². The van der Waals surface area contributed by atoms with Gasteiger partial charge in [0.2, 0.25) is 0 Å². The van der Waals surface area contributed by atoms with Crippen LogP contribution in [0, 0.1) is 21.4 Å². The van der Waals surface area contributed by atoms with Crippen molar-refractivity contribution in [3.8, 4) is 0 Å². The maximum atomic E-state index is 13.4. The molecule has 2 aromatic carbocycles. The van der Waals surface area contributed by atoms with Crippen molar-refractivity contribution in [3.63, 3.8) is 0 Å². The summed E-state index contributed by atoms with van der Waals surface area (Å²) in [5, 5.41) is 14.8. The molecule has 0 aliphatic heterocycles. The Balaban J connectivity index is 1.70. The summed E-state index contributed by atoms with van der Waals surface area (Å²) < 4.78 is 0.939. The fourth-order valence-electron chi connectivity index (χ4n) is 4.21. The molecule has 1 aliphatic carbocycles. The molecule has 3 aromatic rings. The van der Waals surface area contributed by atoms with Crippen LogP contribution in [0.25, 0.3) is 0 Å². The molecule has 1 atom stereocenters. The predicted molar refractivity (Wildman–Crippen MR) is 142 cm³/mol. The molecule has 0 fully saturated rings. The monoisotopic (exact) mass is 539 g/mol. The highest BCUT2D eigenvalue weighted by Gasteiger charge is 2.33. The Kier molecular flexibility index (Phi) is 7.00. The molecular formula is C26H26BrN3O3S. The zero-order chi connectivity index (χ0) is 24.5. The minimum atomic E-state index is -0.426. The number of nitro benzene ring substituents is 1. The van der Waals surface area contributed by atoms with Crippen LogP contribution in [-0.2, 0) is 12.8 Å². The normalized spacial score (nSPS) is 15.8. The largest absolute Gasteiger partial charge is 0.322 e. The van der Waals surface area contributed by atoms with Crippen molar-refractivity contribution >= 4 is 55.8 Å². The number of amides is 1. The van der Waals surface area contributed by atoms with Gasteiger partial charge in [-0.25, -0.2) is 4.99 Å². The lowest BCUT2D eigenvalue weighted by Gasteiger charge is -2.33. The van der Waals surface area contributed by atoms with Gasteiger partial charge in [-0.3, -0.25) is 14.9 Å². The van der Waals surface area contributed by atoms with Crippen LogP contribution < -0.4 is 5.32 Å². The maximum Gasteiger partial charge on any atom is 0.270 e. The molecule has 8 heteroatoms. The average Bonchev–Trinajstić information content (AvgIpc) is 3.16. The second kappa shape index (κ2) is 9.80. The van der Waals surface area contributed by atoms with Crippen LogP contribution in [0.15, 0.2) is 58.0 Å². The number of hydrogen-bond acceptors (Lipinski definition) is 5. The van der Waals surface area contributed by atoms with E-state index in [0.717, 1.165) is 29.3 Å². The number of benzene rings is 2. The lowest BCUT2D eigenvalue weighted by molar-refractivity contribution is -0.384. The van der Waals surface area contributed by atoms with Crippen molar-refractivity contribution in [3.05, 3.63) is 84.7 Å². The number of fused-ring (bicyclic) bond motifs is 1. The third-order valence-corrected chi connectivity index (χ3v) is 7.90. The van der Waals surface area contributed by atoms with Crippen molar-refractivity contribution in [2.75, 3.05) is 5.32 Å². The number of nitro groups is 1. The molecule has 1 aromatic heterocycles. The number of carbonyl (C=O) groups is 1. The van der Waals surface area contributed by atoms with Crippen LogP contribution in [0.4, 0.5) is 16.4 Å². The van der Waals surface area contributed by atoms with E-state index >= 15 is 0 Å². The van der Waals surface area contributed by atoms with E-state index in [-0.39, 0.29) is 17.0 Å². The van der Waals surface area contributed by atoms with Crippen LogP contribution >= 0.6 is 27.3 Å². The first-order valence-electron chi connectivity index (χ1n) is 11.1. The van der Waals surface area contributed by atoms with Crippen molar-refractivity contribution in [1.29, 1.82) is 0 Å². The first-order chi connectivity index (χ1) is 16.1. The standard InChI is InChI=1S/C26H26BrN3O3S/c1-26(2,3)17-7-12-21-22(14-17)34-25(28-15-16-5-4-6-20(13-16)30(32)33)23(21)24(31)29-19-10-8-18(27)9-11-19/h4-6,8-11,13,15,17H,7,12,14H2,1-3H3,(H,29,31). The molecule has 1 aliphatic rings. The molecule has 6 nitrogen and oxygen atoms in total. The zero-order valence-corrected chi connectivity index (χ0v) is 21.7. The van der Waals surface area contributed by atoms with E-state index in [1.54, 1.807) is 29.7 Å². The number of non-ortho nitro benzene ring substituents is 1. The molecule has 1 amide bonds. The van der Waals surface area contributed by atoms with Gasteiger partial charge in [0.1, 0.15) is 5.00 Å². The van der Waals surface area contributed by atoms with Gasteiger partial charge in [-0.05, 0) is 66.0 Å². The highest BCUT2D eigenvalue weighted by atomic mass is 79.9. The SMILES string of the molecule is CC(C)(C)C1CCc2c(sc(N=Cc3cccc([N+](=O)[O-])c3)c2C(=O)Nc2ccc(Br)cc2)C1. The summed E-state index contributed by atoms with van der Waals surface area (Å²) in [6, 6.07) is 13.8. The summed E-state index contributed by atoms with van der Waals surface area (Å²) in [5.74, 6) is 0.356. The van der Waals surface area contributed by atoms with Gasteiger partial charge in [0, 0.05) is 33.4 Å². The molecule has 176 valence electrons. The first-order valence-corrected chi connectivity index (χ1v) is 12.7. The molecule has 1 N–H and O–H groups in total. The smallest absolute Gasteiger partial charge is 0.270 e. The van der Waals surface area contributed by atoms with Crippen LogP contribution in [0.5, 0.6) is 0 Å². The molecule has 0 spiro atoms. The molecule has 0 saturated heterocycles. The van der Waals surface area contributed by atoms with E-state index in [1.165, 1.54) is 17.0 Å². The number of rotatable bonds is 5. The number of nitrogens with one attached hydrogen (secondary N) is 1. The van der Waals surface area contributed by atoms with Crippen LogP contribution in [0.3, 0.4) is 0 Å². The Morgan fingerprint density at radius 1 is 1.24 bits per heavy atom. The van der Waals surface area contributed by atoms with Gasteiger partial charge < -0.3 is 5.32 Å². The minimum Gasteiger partial charge on any atom is -0.322 e. The van der Waals surface area contributed by atoms with E-state index in [4.69, 9.17) is 0 Å². The maximum absolute atomic E-state index is 13.4. The topological polar surface area (TPSA) is 84.6 Å². The van der Waals surface area contributed by atoms with E-state index < -0.39 is 4.92 Å². The van der Waals surface area contributed by atoms with Gasteiger partial charge >= 0.3 is 0 Å². The Hall–Kier alpha value is -2.84. The highest BCUT2D eigenvalue weighted by Crippen LogP contribution is 2.45. The number of hydrogen-bond donors (Lipinski definition) is 1. The Labute approximate surface area is 211 Å². The third-order valence-electron chi connectivity index (χ3n) is 6.21. The summed E-state index contributed by atoms with van der Waals surface area (Å²) in [5.41, 5.74) is 3.21. The molecule has 34 heavy (non-hydrogen) atoms. The molecular weight excluding hydrogens is 514 g/mol. The summed E-state index contributed by atoms with van der Waals surface area (Å²) in [6.45, 7) is 6.79. The molecule has 1 heterocycles. The number of thiophene rings is 1. The van der Waals surface area contributed by atoms with Crippen molar-refractivity contribution in [1.82, 2.24) is 0 Å². The Morgan fingerprint density at radius 3 is 2.65 bits per heavy atom. The molecule has 4 rings (SSSR count). The zero-order valence-electron chi connectivity index (χ0n) is 19.3. The minimum absolute atomic E-state index is 0.00986. The van der Waals surface area contributed by atoms with E-state index in [1.807, 2.05) is 24.3 Å². The lowest BCUT2D eigenvalue weighted by Crippen LogP contribution is -2.27. The number of nitrogens with zero attached hydrogens (tertiary/aromatic N) is 2. The second-order valence-electron chi connectivity index (χ2n) is 9.56. The van der Waals surface area contributed by atoms with Crippen molar-refractivity contribution < 1.29 is 9.72 Å². The summed E-state index contributed by atoms with van der Waals surface area (Å²) >= 11 is 4.97. The second-order valence-corrected chi connectivity index (χ2v) is 11.6.